The fourth-order valence-corrected chi connectivity index (χ4v) is 2.43. The van der Waals surface area contributed by atoms with Crippen molar-refractivity contribution in [3.05, 3.63) is 29.5 Å². The van der Waals surface area contributed by atoms with Crippen LogP contribution in [0.2, 0.25) is 0 Å². The molecule has 3 nitrogen and oxygen atoms in total. The number of hydrogen-bond acceptors (Lipinski definition) is 2. The van der Waals surface area contributed by atoms with Crippen molar-refractivity contribution < 1.29 is 9.53 Å². The molecule has 0 aliphatic heterocycles. The van der Waals surface area contributed by atoms with Gasteiger partial charge in [0.25, 0.3) is 0 Å². The first kappa shape index (κ1) is 11.3. The van der Waals surface area contributed by atoms with Gasteiger partial charge in [-0.1, -0.05) is 0 Å². The fourth-order valence-electron chi connectivity index (χ4n) is 2.43. The van der Waals surface area contributed by atoms with Gasteiger partial charge in [0.1, 0.15) is 5.75 Å². The first-order valence-corrected chi connectivity index (χ1v) is 6.50. The summed E-state index contributed by atoms with van der Waals surface area (Å²) in [7, 11) is 0. The third-order valence-electron chi connectivity index (χ3n) is 3.46. The van der Waals surface area contributed by atoms with Crippen LogP contribution in [-0.2, 0) is 0 Å². The Morgan fingerprint density at radius 3 is 2.89 bits per heavy atom. The Morgan fingerprint density at radius 2 is 2.22 bits per heavy atom. The molecule has 3 heteroatoms. The predicted molar refractivity (Wildman–Crippen MR) is 71.3 cm³/mol. The van der Waals surface area contributed by atoms with Gasteiger partial charge in [0, 0.05) is 28.1 Å². The molecular weight excluding hydrogens is 226 g/mol. The molecule has 0 saturated heterocycles. The number of hydrogen-bond donors (Lipinski definition) is 1. The Kier molecular flexibility index (Phi) is 2.62. The second kappa shape index (κ2) is 4.16. The van der Waals surface area contributed by atoms with Crippen LogP contribution < -0.4 is 4.74 Å². The summed E-state index contributed by atoms with van der Waals surface area (Å²) in [6, 6.07) is 5.89. The highest BCUT2D eigenvalue weighted by molar-refractivity contribution is 6.11. The molecule has 0 amide bonds. The van der Waals surface area contributed by atoms with Crippen molar-refractivity contribution in [3.63, 3.8) is 0 Å². The van der Waals surface area contributed by atoms with Gasteiger partial charge in [0.15, 0.2) is 5.78 Å². The lowest BCUT2D eigenvalue weighted by Crippen LogP contribution is -2.02. The summed E-state index contributed by atoms with van der Waals surface area (Å²) in [6.07, 6.45) is 2.08. The van der Waals surface area contributed by atoms with Crippen molar-refractivity contribution >= 4 is 16.7 Å². The Balaban J connectivity index is 2.12. The number of ether oxygens (including phenoxy) is 1. The largest absolute Gasteiger partial charge is 0.494 e. The van der Waals surface area contributed by atoms with E-state index < -0.39 is 0 Å². The molecule has 1 saturated carbocycles. The third-order valence-corrected chi connectivity index (χ3v) is 3.46. The van der Waals surface area contributed by atoms with E-state index in [0.29, 0.717) is 6.61 Å². The highest BCUT2D eigenvalue weighted by atomic mass is 16.5. The van der Waals surface area contributed by atoms with Gasteiger partial charge < -0.3 is 9.72 Å². The lowest BCUT2D eigenvalue weighted by atomic mass is 10.0. The van der Waals surface area contributed by atoms with E-state index in [1.807, 2.05) is 32.0 Å². The molecule has 0 atom stereocenters. The van der Waals surface area contributed by atoms with Gasteiger partial charge >= 0.3 is 0 Å². The van der Waals surface area contributed by atoms with E-state index in [-0.39, 0.29) is 11.7 Å². The van der Waals surface area contributed by atoms with Crippen LogP contribution in [0, 0.1) is 12.8 Å². The molecule has 2 aromatic rings. The Hall–Kier alpha value is -1.77. The number of rotatable bonds is 4. The van der Waals surface area contributed by atoms with Crippen molar-refractivity contribution in [2.45, 2.75) is 26.7 Å². The van der Waals surface area contributed by atoms with Crippen molar-refractivity contribution in [1.82, 2.24) is 4.98 Å². The van der Waals surface area contributed by atoms with Crippen molar-refractivity contribution in [3.8, 4) is 5.75 Å². The van der Waals surface area contributed by atoms with Gasteiger partial charge in [-0.15, -0.1) is 0 Å². The number of aromatic nitrogens is 1. The van der Waals surface area contributed by atoms with Crippen LogP contribution in [0.4, 0.5) is 0 Å². The molecule has 0 radical (unpaired) electrons. The molecule has 1 fully saturated rings. The van der Waals surface area contributed by atoms with Crippen molar-refractivity contribution in [2.24, 2.45) is 5.92 Å². The summed E-state index contributed by atoms with van der Waals surface area (Å²) in [4.78, 5) is 15.6. The van der Waals surface area contributed by atoms with Crippen LogP contribution >= 0.6 is 0 Å². The maximum absolute atomic E-state index is 12.3. The summed E-state index contributed by atoms with van der Waals surface area (Å²) in [5.41, 5.74) is 2.84. The number of Topliss-reactive ketones (excluding diaryl/α,β-unsaturated/α-hetero) is 1. The fraction of sp³-hybridized carbons (Fsp3) is 0.400. The number of fused-ring (bicyclic) bond motifs is 1. The minimum Gasteiger partial charge on any atom is -0.494 e. The van der Waals surface area contributed by atoms with E-state index in [9.17, 15) is 4.79 Å². The van der Waals surface area contributed by atoms with Gasteiger partial charge in [0.2, 0.25) is 0 Å². The number of H-pyrrole nitrogens is 1. The Labute approximate surface area is 106 Å². The number of aromatic amines is 1. The van der Waals surface area contributed by atoms with E-state index in [1.54, 1.807) is 0 Å². The first-order valence-electron chi connectivity index (χ1n) is 6.50. The molecule has 1 heterocycles. The quantitative estimate of drug-likeness (QED) is 0.835. The highest BCUT2D eigenvalue weighted by Crippen LogP contribution is 2.36. The average molecular weight is 243 g/mol. The summed E-state index contributed by atoms with van der Waals surface area (Å²) in [5, 5.41) is 0.996. The van der Waals surface area contributed by atoms with E-state index in [4.69, 9.17) is 4.74 Å². The van der Waals surface area contributed by atoms with Crippen LogP contribution in [0.5, 0.6) is 5.75 Å². The van der Waals surface area contributed by atoms with Crippen LogP contribution in [0.15, 0.2) is 18.2 Å². The number of benzene rings is 1. The minimum absolute atomic E-state index is 0.249. The van der Waals surface area contributed by atoms with Gasteiger partial charge in [-0.3, -0.25) is 4.79 Å². The smallest absolute Gasteiger partial charge is 0.168 e. The zero-order valence-corrected chi connectivity index (χ0v) is 10.7. The summed E-state index contributed by atoms with van der Waals surface area (Å²) in [6.45, 7) is 4.57. The predicted octanol–water partition coefficient (Wildman–Crippen LogP) is 3.47. The van der Waals surface area contributed by atoms with Crippen LogP contribution in [-0.4, -0.2) is 17.4 Å². The second-order valence-electron chi connectivity index (χ2n) is 4.90. The lowest BCUT2D eigenvalue weighted by molar-refractivity contribution is 0.0968. The molecule has 0 unspecified atom stereocenters. The topological polar surface area (TPSA) is 42.1 Å². The minimum atomic E-state index is 0.249. The van der Waals surface area contributed by atoms with E-state index >= 15 is 0 Å². The SMILES string of the molecule is CCOc1ccc2[nH]c(C)c(C(=O)C3CC3)c2c1. The first-order chi connectivity index (χ1) is 8.70. The van der Waals surface area contributed by atoms with E-state index in [0.717, 1.165) is 40.8 Å². The molecule has 94 valence electrons. The standard InChI is InChI=1S/C15H17NO2/c1-3-18-11-6-7-13-12(8-11)14(9(2)16-13)15(17)10-4-5-10/h6-8,10,16H,3-5H2,1-2H3. The molecule has 0 bridgehead atoms. The Morgan fingerprint density at radius 1 is 1.44 bits per heavy atom. The number of aryl methyl sites for hydroxylation is 1. The van der Waals surface area contributed by atoms with Gasteiger partial charge in [-0.25, -0.2) is 0 Å². The number of nitrogens with one attached hydrogen (secondary N) is 1. The zero-order chi connectivity index (χ0) is 12.7. The van der Waals surface area contributed by atoms with Gasteiger partial charge in [-0.2, -0.15) is 0 Å². The maximum atomic E-state index is 12.3. The molecular formula is C15H17NO2. The summed E-state index contributed by atoms with van der Waals surface area (Å²) < 4.78 is 5.51. The summed E-state index contributed by atoms with van der Waals surface area (Å²) in [5.74, 6) is 1.36. The molecule has 1 aromatic carbocycles. The third kappa shape index (κ3) is 1.80. The van der Waals surface area contributed by atoms with Gasteiger partial charge in [-0.05, 0) is 44.9 Å². The average Bonchev–Trinajstić information content (AvgIpc) is 3.12. The molecule has 18 heavy (non-hydrogen) atoms. The molecule has 0 spiro atoms. The van der Waals surface area contributed by atoms with Crippen LogP contribution in [0.3, 0.4) is 0 Å². The maximum Gasteiger partial charge on any atom is 0.168 e. The molecule has 1 N–H and O–H groups in total. The molecule has 3 rings (SSSR count). The normalized spacial score (nSPS) is 15.0. The zero-order valence-electron chi connectivity index (χ0n) is 10.7. The molecule has 1 aliphatic rings. The monoisotopic (exact) mass is 243 g/mol. The summed E-state index contributed by atoms with van der Waals surface area (Å²) >= 11 is 0. The van der Waals surface area contributed by atoms with Crippen LogP contribution in [0.1, 0.15) is 35.8 Å². The van der Waals surface area contributed by atoms with Gasteiger partial charge in [0.05, 0.1) is 6.61 Å². The van der Waals surface area contributed by atoms with Crippen LogP contribution in [0.25, 0.3) is 10.9 Å². The van der Waals surface area contributed by atoms with E-state index in [2.05, 4.69) is 4.98 Å². The lowest BCUT2D eigenvalue weighted by Gasteiger charge is -2.03. The second-order valence-corrected chi connectivity index (χ2v) is 4.90. The highest BCUT2D eigenvalue weighted by Gasteiger charge is 2.32. The Bertz CT molecular complexity index is 608. The van der Waals surface area contributed by atoms with E-state index in [1.165, 1.54) is 0 Å². The van der Waals surface area contributed by atoms with Crippen molar-refractivity contribution in [1.29, 1.82) is 0 Å². The van der Waals surface area contributed by atoms with Crippen molar-refractivity contribution in [2.75, 3.05) is 6.61 Å². The number of carbonyl (C=O) groups excluding carboxylic acids is 1. The molecule has 1 aliphatic carbocycles. The number of ketones is 1. The number of carbonyl (C=O) groups is 1. The molecule has 1 aromatic heterocycles.